The number of carboxylic acids is 1. The second kappa shape index (κ2) is 11.1. The number of amides is 1. The summed E-state index contributed by atoms with van der Waals surface area (Å²) in [6.07, 6.45) is -6.25. The molecule has 1 saturated carbocycles. The smallest absolute Gasteiger partial charge is 0.452 e. The fourth-order valence-electron chi connectivity index (χ4n) is 4.39. The molecule has 0 radical (unpaired) electrons. The minimum Gasteiger partial charge on any atom is -0.480 e. The van der Waals surface area contributed by atoms with Gasteiger partial charge in [-0.05, 0) is 44.9 Å². The second-order valence-electron chi connectivity index (χ2n) is 9.54. The number of sulfonamides is 1. The van der Waals surface area contributed by atoms with Crippen molar-refractivity contribution >= 4 is 33.4 Å². The molecule has 1 aliphatic rings. The topological polar surface area (TPSA) is 148 Å². The number of carbonyl (C=O) groups excluding carboxylic acids is 1. The summed E-state index contributed by atoms with van der Waals surface area (Å²) in [5, 5.41) is 14.6. The van der Waals surface area contributed by atoms with Crippen molar-refractivity contribution in [3.05, 3.63) is 59.9 Å². The first-order valence-electron chi connectivity index (χ1n) is 12.2. The fourth-order valence-corrected chi connectivity index (χ4v) is 7.08. The van der Waals surface area contributed by atoms with Crippen LogP contribution in [0.3, 0.4) is 0 Å². The highest BCUT2D eigenvalue weighted by Crippen LogP contribution is 2.59. The van der Waals surface area contributed by atoms with E-state index >= 15 is 0 Å². The third-order valence-electron chi connectivity index (χ3n) is 6.42. The Balaban J connectivity index is 1.63. The van der Waals surface area contributed by atoms with Crippen molar-refractivity contribution < 1.29 is 50.4 Å². The lowest BCUT2D eigenvalue weighted by Crippen LogP contribution is -2.50. The summed E-state index contributed by atoms with van der Waals surface area (Å²) in [6, 6.07) is 11.1. The summed E-state index contributed by atoms with van der Waals surface area (Å²) < 4.78 is 77.2. The van der Waals surface area contributed by atoms with Crippen molar-refractivity contribution in [2.24, 2.45) is 0 Å². The highest BCUT2D eigenvalue weighted by Gasteiger charge is 2.75. The molecule has 1 aromatic carbocycles. The molecule has 2 heterocycles. The lowest BCUT2D eigenvalue weighted by molar-refractivity contribution is -0.162. The Morgan fingerprint density at radius 3 is 2.46 bits per heavy atom. The van der Waals surface area contributed by atoms with Crippen LogP contribution in [0.25, 0.3) is 10.6 Å². The zero-order valence-electron chi connectivity index (χ0n) is 22.0. The van der Waals surface area contributed by atoms with Crippen molar-refractivity contribution in [3.63, 3.8) is 0 Å². The monoisotopic (exact) mass is 617 g/mol. The number of ether oxygens (including phenoxy) is 1. The van der Waals surface area contributed by atoms with E-state index in [1.807, 2.05) is 0 Å². The first kappa shape index (κ1) is 30.5. The maximum absolute atomic E-state index is 13.4. The van der Waals surface area contributed by atoms with Crippen LogP contribution < -0.4 is 4.72 Å². The predicted molar refractivity (Wildman–Crippen MR) is 138 cm³/mol. The maximum atomic E-state index is 13.4. The van der Waals surface area contributed by atoms with Gasteiger partial charge < -0.3 is 14.4 Å². The molecule has 1 fully saturated rings. The Kier molecular flexibility index (Phi) is 8.23. The first-order chi connectivity index (χ1) is 19.1. The summed E-state index contributed by atoms with van der Waals surface area (Å²) in [5.41, 5.74) is -3.41. The van der Waals surface area contributed by atoms with Gasteiger partial charge in [0, 0.05) is 12.6 Å². The SMILES string of the molecule is CCN(OC(C)C)C(=O)OC[C@@]1(c2ccccc2)C[C@]1(NS(=O)(=O)c1ccc(-c2cc(C(F)(F)F)on2)s1)C(=O)O. The molecule has 1 aliphatic carbocycles. The highest BCUT2D eigenvalue weighted by atomic mass is 32.2. The standard InChI is InChI=1S/C25H26F3N3O8S2/c1-4-31(39-15(2)3)22(34)37-14-23(16-8-6-5-7-9-16)13-24(23,21(32)33)30-41(35,36)20-11-10-18(40-20)17-12-19(38-29-17)25(26,27)28/h5-12,15,30H,4,13-14H2,1-3H3,(H,32,33)/t23-,24+/m1/s1. The van der Waals surface area contributed by atoms with Crippen LogP contribution in [-0.4, -0.2) is 60.6 Å². The van der Waals surface area contributed by atoms with Crippen LogP contribution in [0.5, 0.6) is 0 Å². The van der Waals surface area contributed by atoms with E-state index in [-0.39, 0.29) is 33.8 Å². The fraction of sp³-hybridized carbons (Fsp3) is 0.400. The molecule has 0 aliphatic heterocycles. The molecule has 0 saturated heterocycles. The van der Waals surface area contributed by atoms with Gasteiger partial charge in [0.25, 0.3) is 10.0 Å². The zero-order chi connectivity index (χ0) is 30.2. The van der Waals surface area contributed by atoms with E-state index in [2.05, 4.69) is 14.4 Å². The first-order valence-corrected chi connectivity index (χ1v) is 14.5. The molecule has 4 rings (SSSR count). The summed E-state index contributed by atoms with van der Waals surface area (Å²) in [5.74, 6) is -2.86. The summed E-state index contributed by atoms with van der Waals surface area (Å²) in [4.78, 5) is 30.8. The van der Waals surface area contributed by atoms with Gasteiger partial charge in [-0.2, -0.15) is 23.0 Å². The van der Waals surface area contributed by atoms with Crippen LogP contribution in [0.4, 0.5) is 18.0 Å². The van der Waals surface area contributed by atoms with Crippen molar-refractivity contribution in [1.29, 1.82) is 0 Å². The minimum absolute atomic E-state index is 0.0536. The van der Waals surface area contributed by atoms with Crippen molar-refractivity contribution in [3.8, 4) is 10.6 Å². The van der Waals surface area contributed by atoms with Gasteiger partial charge in [0.15, 0.2) is 0 Å². The molecule has 3 aromatic rings. The van der Waals surface area contributed by atoms with Crippen LogP contribution in [-0.2, 0) is 36.0 Å². The molecule has 41 heavy (non-hydrogen) atoms. The van der Waals surface area contributed by atoms with E-state index in [0.29, 0.717) is 23.0 Å². The molecular formula is C25H26F3N3O8S2. The van der Waals surface area contributed by atoms with Crippen LogP contribution in [0.2, 0.25) is 0 Å². The Morgan fingerprint density at radius 2 is 1.90 bits per heavy atom. The molecular weight excluding hydrogens is 591 g/mol. The maximum Gasteiger partial charge on any atom is 0.452 e. The average molecular weight is 618 g/mol. The number of alkyl halides is 3. The number of benzene rings is 1. The van der Waals surface area contributed by atoms with Gasteiger partial charge >= 0.3 is 18.2 Å². The van der Waals surface area contributed by atoms with Crippen LogP contribution in [0.15, 0.2) is 57.3 Å². The van der Waals surface area contributed by atoms with Gasteiger partial charge in [-0.15, -0.1) is 11.3 Å². The van der Waals surface area contributed by atoms with E-state index < -0.39 is 51.6 Å². The molecule has 0 spiro atoms. The average Bonchev–Trinajstić information content (AvgIpc) is 3.28. The number of aromatic nitrogens is 1. The van der Waals surface area contributed by atoms with Gasteiger partial charge in [-0.1, -0.05) is 35.5 Å². The van der Waals surface area contributed by atoms with E-state index in [1.54, 1.807) is 51.1 Å². The lowest BCUT2D eigenvalue weighted by atomic mass is 9.91. The third kappa shape index (κ3) is 5.95. The quantitative estimate of drug-likeness (QED) is 0.293. The molecule has 0 bridgehead atoms. The second-order valence-corrected chi connectivity index (χ2v) is 12.5. The Labute approximate surface area is 236 Å². The molecule has 1 amide bonds. The molecule has 2 atom stereocenters. The highest BCUT2D eigenvalue weighted by molar-refractivity contribution is 7.91. The Bertz CT molecular complexity index is 1520. The number of nitrogens with zero attached hydrogens (tertiary/aromatic N) is 2. The molecule has 222 valence electrons. The number of rotatable bonds is 11. The molecule has 2 aromatic heterocycles. The van der Waals surface area contributed by atoms with E-state index in [4.69, 9.17) is 9.57 Å². The Morgan fingerprint density at radius 1 is 1.22 bits per heavy atom. The minimum atomic E-state index is -4.78. The Hall–Kier alpha value is -3.47. The van der Waals surface area contributed by atoms with Crippen molar-refractivity contribution in [2.45, 2.75) is 54.6 Å². The largest absolute Gasteiger partial charge is 0.480 e. The van der Waals surface area contributed by atoms with Gasteiger partial charge in [0.2, 0.25) is 5.76 Å². The van der Waals surface area contributed by atoms with Gasteiger partial charge in [0.05, 0.1) is 16.4 Å². The number of thiophene rings is 1. The van der Waals surface area contributed by atoms with Crippen molar-refractivity contribution in [1.82, 2.24) is 14.9 Å². The summed E-state index contributed by atoms with van der Waals surface area (Å²) >= 11 is 0.582. The molecule has 16 heteroatoms. The van der Waals surface area contributed by atoms with Crippen LogP contribution in [0.1, 0.15) is 38.5 Å². The number of carbonyl (C=O) groups is 2. The molecule has 11 nitrogen and oxygen atoms in total. The number of carboxylic acid groups (broad SMARTS) is 1. The molecule has 2 N–H and O–H groups in total. The van der Waals surface area contributed by atoms with E-state index in [9.17, 15) is 36.3 Å². The van der Waals surface area contributed by atoms with E-state index in [1.165, 1.54) is 6.07 Å². The van der Waals surface area contributed by atoms with Crippen LogP contribution >= 0.6 is 11.3 Å². The number of hydrogen-bond donors (Lipinski definition) is 2. The predicted octanol–water partition coefficient (Wildman–Crippen LogP) is 4.66. The number of hydrogen-bond acceptors (Lipinski definition) is 9. The van der Waals surface area contributed by atoms with E-state index in [0.717, 1.165) is 11.1 Å². The van der Waals surface area contributed by atoms with Gasteiger partial charge in [0.1, 0.15) is 22.0 Å². The zero-order valence-corrected chi connectivity index (χ0v) is 23.6. The summed E-state index contributed by atoms with van der Waals surface area (Å²) in [6.45, 7) is 4.72. The third-order valence-corrected chi connectivity index (χ3v) is 9.51. The number of nitrogens with one attached hydrogen (secondary N) is 1. The number of halogens is 3. The van der Waals surface area contributed by atoms with Gasteiger partial charge in [-0.25, -0.2) is 13.2 Å². The summed E-state index contributed by atoms with van der Waals surface area (Å²) in [7, 11) is -4.53. The molecule has 0 unspecified atom stereocenters. The number of aliphatic carboxylic acids is 1. The van der Waals surface area contributed by atoms with Crippen LogP contribution in [0, 0.1) is 0 Å². The normalized spacial score (nSPS) is 20.7. The van der Waals surface area contributed by atoms with Gasteiger partial charge in [-0.3, -0.25) is 9.63 Å². The number of hydroxylamine groups is 2. The van der Waals surface area contributed by atoms with Crippen molar-refractivity contribution in [2.75, 3.05) is 13.2 Å². The lowest BCUT2D eigenvalue weighted by Gasteiger charge is -2.26.